The Hall–Kier alpha value is -2.75. The van der Waals surface area contributed by atoms with Gasteiger partial charge >= 0.3 is 5.97 Å². The lowest BCUT2D eigenvalue weighted by molar-refractivity contribution is 0.0696. The van der Waals surface area contributed by atoms with Crippen LogP contribution in [0.2, 0.25) is 0 Å². The number of hydrogen-bond acceptors (Lipinski definition) is 3. The summed E-state index contributed by atoms with van der Waals surface area (Å²) in [7, 11) is 0. The van der Waals surface area contributed by atoms with Crippen molar-refractivity contribution in [2.75, 3.05) is 5.73 Å². The zero-order valence-electron chi connectivity index (χ0n) is 9.92. The third kappa shape index (κ3) is 1.74. The molecule has 19 heavy (non-hydrogen) atoms. The van der Waals surface area contributed by atoms with Crippen molar-refractivity contribution in [3.8, 4) is 5.75 Å². The van der Waals surface area contributed by atoms with Crippen LogP contribution in [0.4, 0.5) is 5.69 Å². The van der Waals surface area contributed by atoms with E-state index in [0.29, 0.717) is 11.1 Å². The van der Waals surface area contributed by atoms with Crippen LogP contribution in [0.3, 0.4) is 0 Å². The fourth-order valence-corrected chi connectivity index (χ4v) is 2.30. The van der Waals surface area contributed by atoms with Gasteiger partial charge in [0.1, 0.15) is 11.3 Å². The summed E-state index contributed by atoms with van der Waals surface area (Å²) in [5.41, 5.74) is 6.32. The monoisotopic (exact) mass is 253 g/mol. The normalized spacial score (nSPS) is 10.9. The number of nitrogen functional groups attached to an aromatic ring is 1. The average molecular weight is 253 g/mol. The van der Waals surface area contributed by atoms with Crippen LogP contribution in [-0.4, -0.2) is 16.2 Å². The quantitative estimate of drug-likeness (QED) is 0.460. The second-order valence-electron chi connectivity index (χ2n) is 4.44. The molecule has 4 heteroatoms. The van der Waals surface area contributed by atoms with Gasteiger partial charge in [0.05, 0.1) is 0 Å². The maximum absolute atomic E-state index is 11.2. The van der Waals surface area contributed by atoms with Crippen molar-refractivity contribution >= 4 is 33.2 Å². The summed E-state index contributed by atoms with van der Waals surface area (Å²) in [6.45, 7) is 0. The highest BCUT2D eigenvalue weighted by atomic mass is 16.4. The summed E-state index contributed by atoms with van der Waals surface area (Å²) in [6.07, 6.45) is 0. The number of nitrogens with two attached hydrogens (primary N) is 1. The first-order chi connectivity index (χ1) is 9.06. The molecule has 3 aromatic rings. The van der Waals surface area contributed by atoms with Crippen molar-refractivity contribution < 1.29 is 15.0 Å². The topological polar surface area (TPSA) is 83.6 Å². The molecule has 0 saturated carbocycles. The third-order valence-electron chi connectivity index (χ3n) is 3.19. The fraction of sp³-hybridized carbons (Fsp3) is 0. The standard InChI is InChI=1S/C15H11NO3/c16-11-3-1-8-7-12-9(5-10(8)6-11)2-4-13(17)14(12)15(18)19/h1-7,17H,16H2,(H,18,19). The van der Waals surface area contributed by atoms with Gasteiger partial charge in [-0.2, -0.15) is 0 Å². The lowest BCUT2D eigenvalue weighted by Crippen LogP contribution is -1.98. The van der Waals surface area contributed by atoms with Gasteiger partial charge < -0.3 is 15.9 Å². The second kappa shape index (κ2) is 3.88. The Bertz CT molecular complexity index is 824. The van der Waals surface area contributed by atoms with Crippen molar-refractivity contribution in [1.29, 1.82) is 0 Å². The Morgan fingerprint density at radius 3 is 2.42 bits per heavy atom. The smallest absolute Gasteiger partial charge is 0.340 e. The minimum absolute atomic E-state index is 0.0729. The van der Waals surface area contributed by atoms with Gasteiger partial charge in [-0.1, -0.05) is 12.1 Å². The molecule has 0 aliphatic heterocycles. The maximum Gasteiger partial charge on any atom is 0.340 e. The van der Waals surface area contributed by atoms with Gasteiger partial charge in [-0.3, -0.25) is 0 Å². The number of aromatic hydroxyl groups is 1. The molecule has 94 valence electrons. The van der Waals surface area contributed by atoms with Gasteiger partial charge in [-0.05, 0) is 46.5 Å². The summed E-state index contributed by atoms with van der Waals surface area (Å²) in [5, 5.41) is 22.0. The second-order valence-corrected chi connectivity index (χ2v) is 4.44. The van der Waals surface area contributed by atoms with Crippen LogP contribution in [0, 0.1) is 0 Å². The predicted octanol–water partition coefficient (Wildman–Crippen LogP) is 2.98. The number of anilines is 1. The van der Waals surface area contributed by atoms with Crippen molar-refractivity contribution in [3.05, 3.63) is 48.0 Å². The molecule has 0 aromatic heterocycles. The molecule has 0 aliphatic rings. The first-order valence-corrected chi connectivity index (χ1v) is 5.74. The zero-order chi connectivity index (χ0) is 13.6. The lowest BCUT2D eigenvalue weighted by Gasteiger charge is -2.07. The number of aromatic carboxylic acids is 1. The first kappa shape index (κ1) is 11.3. The molecular weight excluding hydrogens is 242 g/mol. The molecule has 0 heterocycles. The molecule has 0 unspecified atom stereocenters. The summed E-state index contributed by atoms with van der Waals surface area (Å²) in [6, 6.07) is 12.1. The van der Waals surface area contributed by atoms with Crippen LogP contribution >= 0.6 is 0 Å². The summed E-state index contributed by atoms with van der Waals surface area (Å²) in [5.74, 6) is -1.37. The van der Waals surface area contributed by atoms with Gasteiger partial charge in [-0.25, -0.2) is 4.79 Å². The van der Waals surface area contributed by atoms with Crippen molar-refractivity contribution in [1.82, 2.24) is 0 Å². The van der Waals surface area contributed by atoms with E-state index in [9.17, 15) is 15.0 Å². The number of hydrogen-bond donors (Lipinski definition) is 3. The van der Waals surface area contributed by atoms with Gasteiger partial charge in [0, 0.05) is 11.1 Å². The SMILES string of the molecule is Nc1ccc2cc3c(C(=O)O)c(O)ccc3cc2c1. The number of carboxylic acid groups (broad SMARTS) is 1. The van der Waals surface area contributed by atoms with Gasteiger partial charge in [0.15, 0.2) is 0 Å². The highest BCUT2D eigenvalue weighted by Gasteiger charge is 2.14. The van der Waals surface area contributed by atoms with Crippen molar-refractivity contribution in [3.63, 3.8) is 0 Å². The molecule has 3 rings (SSSR count). The molecule has 4 nitrogen and oxygen atoms in total. The highest BCUT2D eigenvalue weighted by Crippen LogP contribution is 2.31. The van der Waals surface area contributed by atoms with Gasteiger partial charge in [-0.15, -0.1) is 0 Å². The molecule has 0 aliphatic carbocycles. The zero-order valence-corrected chi connectivity index (χ0v) is 9.92. The molecule has 3 aromatic carbocycles. The Morgan fingerprint density at radius 1 is 0.947 bits per heavy atom. The molecule has 0 amide bonds. The molecule has 0 bridgehead atoms. The van der Waals surface area contributed by atoms with Crippen LogP contribution in [0.25, 0.3) is 21.5 Å². The molecule has 4 N–H and O–H groups in total. The Morgan fingerprint density at radius 2 is 1.68 bits per heavy atom. The summed E-state index contributed by atoms with van der Waals surface area (Å²) in [4.78, 5) is 11.2. The number of carboxylic acids is 1. The van der Waals surface area contributed by atoms with E-state index in [0.717, 1.165) is 16.2 Å². The molecular formula is C15H11NO3. The first-order valence-electron chi connectivity index (χ1n) is 5.74. The van der Waals surface area contributed by atoms with E-state index < -0.39 is 5.97 Å². The Labute approximate surface area is 108 Å². The summed E-state index contributed by atoms with van der Waals surface area (Å²) < 4.78 is 0. The number of carbonyl (C=O) groups is 1. The lowest BCUT2D eigenvalue weighted by atomic mass is 9.99. The van der Waals surface area contributed by atoms with Crippen LogP contribution in [0.15, 0.2) is 42.5 Å². The number of benzene rings is 3. The van der Waals surface area contributed by atoms with Crippen LogP contribution in [0.5, 0.6) is 5.75 Å². The Balaban J connectivity index is 2.47. The maximum atomic E-state index is 11.2. The van der Waals surface area contributed by atoms with Crippen LogP contribution in [-0.2, 0) is 0 Å². The summed E-state index contributed by atoms with van der Waals surface area (Å²) >= 11 is 0. The van der Waals surface area contributed by atoms with Gasteiger partial charge in [0.2, 0.25) is 0 Å². The van der Waals surface area contributed by atoms with Crippen molar-refractivity contribution in [2.24, 2.45) is 0 Å². The van der Waals surface area contributed by atoms with E-state index in [4.69, 9.17) is 5.73 Å². The van der Waals surface area contributed by atoms with E-state index in [2.05, 4.69) is 0 Å². The molecule has 0 spiro atoms. The molecule has 0 atom stereocenters. The van der Waals surface area contributed by atoms with Gasteiger partial charge in [0.25, 0.3) is 0 Å². The number of rotatable bonds is 1. The largest absolute Gasteiger partial charge is 0.507 e. The minimum atomic E-state index is -1.14. The van der Waals surface area contributed by atoms with E-state index in [1.54, 1.807) is 18.2 Å². The highest BCUT2D eigenvalue weighted by molar-refractivity contribution is 6.10. The minimum Gasteiger partial charge on any atom is -0.507 e. The van der Waals surface area contributed by atoms with E-state index >= 15 is 0 Å². The van der Waals surface area contributed by atoms with E-state index in [1.807, 2.05) is 18.2 Å². The van der Waals surface area contributed by atoms with Crippen LogP contribution in [0.1, 0.15) is 10.4 Å². The third-order valence-corrected chi connectivity index (χ3v) is 3.19. The van der Waals surface area contributed by atoms with E-state index in [-0.39, 0.29) is 11.3 Å². The number of fused-ring (bicyclic) bond motifs is 2. The van der Waals surface area contributed by atoms with Crippen LogP contribution < -0.4 is 5.73 Å². The molecule has 0 fully saturated rings. The molecule has 0 radical (unpaired) electrons. The molecule has 0 saturated heterocycles. The predicted molar refractivity (Wildman–Crippen MR) is 74.5 cm³/mol. The average Bonchev–Trinajstić information content (AvgIpc) is 2.36. The fourth-order valence-electron chi connectivity index (χ4n) is 2.30. The van der Waals surface area contributed by atoms with E-state index in [1.165, 1.54) is 6.07 Å². The van der Waals surface area contributed by atoms with Crippen molar-refractivity contribution in [2.45, 2.75) is 0 Å². The Kier molecular flexibility index (Phi) is 2.32. The number of phenols is 1.